The van der Waals surface area contributed by atoms with Gasteiger partial charge in [-0.1, -0.05) is 13.8 Å². The zero-order valence-corrected chi connectivity index (χ0v) is 11.8. The van der Waals surface area contributed by atoms with Crippen LogP contribution < -0.4 is 5.32 Å². The molecule has 2 N–H and O–H groups in total. The molecular formula is C14H26N2O. The number of nitrogens with zero attached hydrogens (tertiary/aromatic N) is 1. The number of hydrogen-bond acceptors (Lipinski definition) is 2. The van der Waals surface area contributed by atoms with Crippen molar-refractivity contribution >= 4 is 0 Å². The van der Waals surface area contributed by atoms with Gasteiger partial charge in [0, 0.05) is 31.5 Å². The lowest BCUT2D eigenvalue weighted by Crippen LogP contribution is -2.39. The van der Waals surface area contributed by atoms with E-state index in [1.165, 1.54) is 17.0 Å². The van der Waals surface area contributed by atoms with Crippen LogP contribution in [0.15, 0.2) is 6.07 Å². The van der Waals surface area contributed by atoms with E-state index in [0.717, 1.165) is 19.4 Å². The predicted octanol–water partition coefficient (Wildman–Crippen LogP) is 2.28. The minimum Gasteiger partial charge on any atom is -0.389 e. The highest BCUT2D eigenvalue weighted by Crippen LogP contribution is 2.15. The molecule has 0 atom stereocenters. The third-order valence-electron chi connectivity index (χ3n) is 3.97. The van der Waals surface area contributed by atoms with Crippen molar-refractivity contribution in [1.82, 2.24) is 9.88 Å². The van der Waals surface area contributed by atoms with Crippen molar-refractivity contribution in [2.24, 2.45) is 7.05 Å². The van der Waals surface area contributed by atoms with Crippen molar-refractivity contribution in [2.45, 2.75) is 52.7 Å². The fourth-order valence-corrected chi connectivity index (χ4v) is 2.04. The third-order valence-corrected chi connectivity index (χ3v) is 3.97. The molecule has 3 nitrogen and oxygen atoms in total. The van der Waals surface area contributed by atoms with Gasteiger partial charge in [-0.3, -0.25) is 0 Å². The van der Waals surface area contributed by atoms with Gasteiger partial charge in [-0.2, -0.15) is 0 Å². The normalized spacial score (nSPS) is 12.1. The standard InChI is InChI=1S/C14H26N2O/c1-6-14(17,7-2)10-15-9-13-8-11(3)16(5)12(13)4/h8,15,17H,6-7,9-10H2,1-5H3. The van der Waals surface area contributed by atoms with Gasteiger partial charge < -0.3 is 15.0 Å². The minimum absolute atomic E-state index is 0.558. The van der Waals surface area contributed by atoms with E-state index in [1.807, 2.05) is 13.8 Å². The van der Waals surface area contributed by atoms with E-state index in [2.05, 4.69) is 36.8 Å². The molecule has 3 heteroatoms. The Morgan fingerprint density at radius 3 is 2.29 bits per heavy atom. The van der Waals surface area contributed by atoms with Gasteiger partial charge >= 0.3 is 0 Å². The van der Waals surface area contributed by atoms with Gasteiger partial charge in [-0.25, -0.2) is 0 Å². The summed E-state index contributed by atoms with van der Waals surface area (Å²) in [4.78, 5) is 0. The lowest BCUT2D eigenvalue weighted by molar-refractivity contribution is 0.0323. The van der Waals surface area contributed by atoms with Crippen LogP contribution >= 0.6 is 0 Å². The molecule has 0 amide bonds. The second-order valence-corrected chi connectivity index (χ2v) is 4.99. The molecule has 0 aromatic carbocycles. The van der Waals surface area contributed by atoms with Crippen LogP contribution in [-0.2, 0) is 13.6 Å². The first-order chi connectivity index (χ1) is 7.93. The van der Waals surface area contributed by atoms with Gasteiger partial charge in [0.2, 0.25) is 0 Å². The number of aryl methyl sites for hydroxylation is 1. The van der Waals surface area contributed by atoms with Crippen molar-refractivity contribution in [2.75, 3.05) is 6.54 Å². The molecule has 0 fully saturated rings. The van der Waals surface area contributed by atoms with Gasteiger partial charge in [-0.15, -0.1) is 0 Å². The second kappa shape index (κ2) is 5.69. The van der Waals surface area contributed by atoms with Crippen LogP contribution in [0.25, 0.3) is 0 Å². The summed E-state index contributed by atoms with van der Waals surface area (Å²) in [6, 6.07) is 2.21. The molecule has 98 valence electrons. The summed E-state index contributed by atoms with van der Waals surface area (Å²) < 4.78 is 2.20. The molecule has 1 aromatic heterocycles. The molecular weight excluding hydrogens is 212 g/mol. The van der Waals surface area contributed by atoms with E-state index in [1.54, 1.807) is 0 Å². The molecule has 1 rings (SSSR count). The Hall–Kier alpha value is -0.800. The van der Waals surface area contributed by atoms with Crippen LogP contribution in [-0.4, -0.2) is 21.8 Å². The first kappa shape index (κ1) is 14.3. The molecule has 1 aromatic rings. The highest BCUT2D eigenvalue weighted by atomic mass is 16.3. The molecule has 0 aliphatic carbocycles. The van der Waals surface area contributed by atoms with E-state index in [9.17, 15) is 5.11 Å². The van der Waals surface area contributed by atoms with Gasteiger partial charge in [-0.05, 0) is 38.3 Å². The van der Waals surface area contributed by atoms with Crippen molar-refractivity contribution in [3.05, 3.63) is 23.0 Å². The molecule has 0 saturated carbocycles. The highest BCUT2D eigenvalue weighted by molar-refractivity contribution is 5.26. The molecule has 17 heavy (non-hydrogen) atoms. The Morgan fingerprint density at radius 2 is 1.88 bits per heavy atom. The lowest BCUT2D eigenvalue weighted by atomic mass is 9.97. The Kier molecular flexibility index (Phi) is 4.78. The number of nitrogens with one attached hydrogen (secondary N) is 1. The molecule has 1 heterocycles. The molecule has 0 aliphatic rings. The summed E-state index contributed by atoms with van der Waals surface area (Å²) >= 11 is 0. The monoisotopic (exact) mass is 238 g/mol. The van der Waals surface area contributed by atoms with Gasteiger partial charge in [0.25, 0.3) is 0 Å². The average Bonchev–Trinajstić information content (AvgIpc) is 2.57. The number of rotatable bonds is 6. The predicted molar refractivity (Wildman–Crippen MR) is 72.1 cm³/mol. The van der Waals surface area contributed by atoms with E-state index in [-0.39, 0.29) is 0 Å². The van der Waals surface area contributed by atoms with Crippen LogP contribution in [0.3, 0.4) is 0 Å². The zero-order valence-electron chi connectivity index (χ0n) is 11.8. The largest absolute Gasteiger partial charge is 0.389 e. The van der Waals surface area contributed by atoms with Crippen molar-refractivity contribution in [1.29, 1.82) is 0 Å². The quantitative estimate of drug-likeness (QED) is 0.798. The zero-order chi connectivity index (χ0) is 13.1. The first-order valence-corrected chi connectivity index (χ1v) is 6.48. The minimum atomic E-state index is -0.558. The van der Waals surface area contributed by atoms with Crippen LogP contribution in [0.1, 0.15) is 43.6 Å². The molecule has 0 radical (unpaired) electrons. The summed E-state index contributed by atoms with van der Waals surface area (Å²) in [6.45, 7) is 9.80. The number of hydrogen-bond donors (Lipinski definition) is 2. The number of aromatic nitrogens is 1. The SMILES string of the molecule is CCC(O)(CC)CNCc1cc(C)n(C)c1C. The first-order valence-electron chi connectivity index (χ1n) is 6.48. The maximum atomic E-state index is 10.2. The van der Waals surface area contributed by atoms with Crippen LogP contribution in [0.5, 0.6) is 0 Å². The summed E-state index contributed by atoms with van der Waals surface area (Å²) in [7, 11) is 2.09. The fraction of sp³-hybridized carbons (Fsp3) is 0.714. The second-order valence-electron chi connectivity index (χ2n) is 4.99. The van der Waals surface area contributed by atoms with Gasteiger partial charge in [0.1, 0.15) is 0 Å². The molecule has 0 spiro atoms. The van der Waals surface area contributed by atoms with E-state index in [4.69, 9.17) is 0 Å². The summed E-state index contributed by atoms with van der Waals surface area (Å²) in [5, 5.41) is 13.5. The van der Waals surface area contributed by atoms with Crippen molar-refractivity contribution in [3.63, 3.8) is 0 Å². The third kappa shape index (κ3) is 3.33. The maximum Gasteiger partial charge on any atom is 0.0766 e. The van der Waals surface area contributed by atoms with Crippen molar-refractivity contribution in [3.8, 4) is 0 Å². The summed E-state index contributed by atoms with van der Waals surface area (Å²) in [6.07, 6.45) is 1.59. The maximum absolute atomic E-state index is 10.2. The molecule has 0 bridgehead atoms. The van der Waals surface area contributed by atoms with E-state index >= 15 is 0 Å². The Bertz CT molecular complexity index is 365. The lowest BCUT2D eigenvalue weighted by Gasteiger charge is -2.25. The van der Waals surface area contributed by atoms with Crippen molar-refractivity contribution < 1.29 is 5.11 Å². The van der Waals surface area contributed by atoms with Gasteiger partial charge in [0.15, 0.2) is 0 Å². The van der Waals surface area contributed by atoms with E-state index < -0.39 is 5.60 Å². The average molecular weight is 238 g/mol. The molecule has 0 saturated heterocycles. The van der Waals surface area contributed by atoms with E-state index in [0.29, 0.717) is 6.54 Å². The Morgan fingerprint density at radius 1 is 1.29 bits per heavy atom. The Labute approximate surface area is 105 Å². The molecule has 0 aliphatic heterocycles. The number of aliphatic hydroxyl groups is 1. The molecule has 0 unspecified atom stereocenters. The smallest absolute Gasteiger partial charge is 0.0766 e. The Balaban J connectivity index is 2.54. The van der Waals surface area contributed by atoms with Crippen LogP contribution in [0.2, 0.25) is 0 Å². The topological polar surface area (TPSA) is 37.2 Å². The van der Waals surface area contributed by atoms with Crippen LogP contribution in [0, 0.1) is 13.8 Å². The fourth-order valence-electron chi connectivity index (χ4n) is 2.04. The summed E-state index contributed by atoms with van der Waals surface area (Å²) in [5.41, 5.74) is 3.34. The highest BCUT2D eigenvalue weighted by Gasteiger charge is 2.21. The summed E-state index contributed by atoms with van der Waals surface area (Å²) in [5.74, 6) is 0. The van der Waals surface area contributed by atoms with Crippen LogP contribution in [0.4, 0.5) is 0 Å². The van der Waals surface area contributed by atoms with Gasteiger partial charge in [0.05, 0.1) is 5.60 Å².